The topological polar surface area (TPSA) is 12.5 Å². The minimum absolute atomic E-state index is 0.835. The Labute approximate surface area is 207 Å². The molecule has 35 heavy (non-hydrogen) atoms. The largest absolute Gasteiger partial charge is 0.495 e. The second-order valence-electron chi connectivity index (χ2n) is 8.49. The molecule has 0 fully saturated rings. The van der Waals surface area contributed by atoms with E-state index in [1.807, 2.05) is 12.1 Å². The highest BCUT2D eigenvalue weighted by Gasteiger charge is 2.18. The molecule has 0 saturated carbocycles. The van der Waals surface area contributed by atoms with Crippen LogP contribution >= 0.6 is 0 Å². The fourth-order valence-corrected chi connectivity index (χ4v) is 4.59. The molecule has 0 aromatic heterocycles. The molecule has 5 aromatic rings. The first-order chi connectivity index (χ1) is 17.3. The second-order valence-corrected chi connectivity index (χ2v) is 8.49. The van der Waals surface area contributed by atoms with E-state index in [0.29, 0.717) is 0 Å². The van der Waals surface area contributed by atoms with Crippen LogP contribution in [0.1, 0.15) is 24.5 Å². The Morgan fingerprint density at radius 1 is 0.686 bits per heavy atom. The zero-order valence-corrected chi connectivity index (χ0v) is 20.2. The maximum atomic E-state index is 5.77. The molecule has 0 aliphatic rings. The molecule has 0 atom stereocenters. The number of methoxy groups -OCH3 is 1. The number of hydrogen-bond donors (Lipinski definition) is 0. The van der Waals surface area contributed by atoms with Crippen LogP contribution in [0.2, 0.25) is 0 Å². The molecular weight excluding hydrogens is 426 g/mol. The minimum Gasteiger partial charge on any atom is -0.495 e. The van der Waals surface area contributed by atoms with Crippen LogP contribution in [0.25, 0.3) is 22.4 Å². The van der Waals surface area contributed by atoms with Gasteiger partial charge >= 0.3 is 0 Å². The van der Waals surface area contributed by atoms with E-state index in [1.54, 1.807) is 7.11 Å². The lowest BCUT2D eigenvalue weighted by atomic mass is 10.0. The van der Waals surface area contributed by atoms with Gasteiger partial charge in [0.15, 0.2) is 0 Å². The highest BCUT2D eigenvalue weighted by molar-refractivity contribution is 5.99. The maximum Gasteiger partial charge on any atom is 0.142 e. The van der Waals surface area contributed by atoms with E-state index < -0.39 is 0 Å². The molecular formula is C33H29NO. The molecule has 0 saturated heterocycles. The third-order valence-electron chi connectivity index (χ3n) is 6.35. The van der Waals surface area contributed by atoms with Crippen LogP contribution in [0, 0.1) is 0 Å². The zero-order chi connectivity index (χ0) is 24.0. The third-order valence-corrected chi connectivity index (χ3v) is 6.35. The van der Waals surface area contributed by atoms with Gasteiger partial charge in [0.1, 0.15) is 5.75 Å². The molecule has 2 heteroatoms. The molecule has 0 radical (unpaired) electrons. The van der Waals surface area contributed by atoms with Gasteiger partial charge in [0.05, 0.1) is 18.5 Å². The van der Waals surface area contributed by atoms with Crippen LogP contribution < -0.4 is 9.64 Å². The lowest BCUT2D eigenvalue weighted by molar-refractivity contribution is 0.416. The summed E-state index contributed by atoms with van der Waals surface area (Å²) in [6.45, 7) is 2.21. The van der Waals surface area contributed by atoms with Gasteiger partial charge in [-0.1, -0.05) is 104 Å². The summed E-state index contributed by atoms with van der Waals surface area (Å²) in [5.74, 6) is 0.835. The monoisotopic (exact) mass is 455 g/mol. The van der Waals surface area contributed by atoms with Crippen molar-refractivity contribution < 1.29 is 4.74 Å². The summed E-state index contributed by atoms with van der Waals surface area (Å²) >= 11 is 0. The maximum absolute atomic E-state index is 5.77. The molecule has 0 unspecified atom stereocenters. The lowest BCUT2D eigenvalue weighted by Crippen LogP contribution is -2.11. The fourth-order valence-electron chi connectivity index (χ4n) is 4.59. The number of nitrogens with zero attached hydrogens (tertiary/aromatic N) is 1. The Morgan fingerprint density at radius 2 is 1.34 bits per heavy atom. The van der Waals surface area contributed by atoms with Crippen molar-refractivity contribution in [2.24, 2.45) is 0 Å². The molecule has 5 aromatic carbocycles. The minimum atomic E-state index is 0.835. The van der Waals surface area contributed by atoms with Crippen molar-refractivity contribution in [1.29, 1.82) is 0 Å². The van der Waals surface area contributed by atoms with Gasteiger partial charge in [0.25, 0.3) is 0 Å². The molecule has 0 aliphatic carbocycles. The number of allylic oxidation sites excluding steroid dienone is 1. The van der Waals surface area contributed by atoms with Gasteiger partial charge in [-0.15, -0.1) is 0 Å². The van der Waals surface area contributed by atoms with Crippen LogP contribution in [0.3, 0.4) is 0 Å². The molecule has 0 bridgehead atoms. The first kappa shape index (κ1) is 22.5. The quantitative estimate of drug-likeness (QED) is 0.227. The van der Waals surface area contributed by atoms with Crippen LogP contribution in [0.15, 0.2) is 121 Å². The standard InChI is InChI=1S/C33H29NO/c1-3-26(27-12-5-4-6-13-27)24-25-20-22-29(23-21-25)34(32-17-9-10-19-33(32)35-2)31-18-11-15-28-14-7-8-16-30(28)31/h4-24H,3H2,1-2H3. The van der Waals surface area contributed by atoms with Gasteiger partial charge in [-0.05, 0) is 58.8 Å². The molecule has 0 heterocycles. The van der Waals surface area contributed by atoms with Crippen LogP contribution in [0.5, 0.6) is 5.75 Å². The third kappa shape index (κ3) is 4.69. The average molecular weight is 456 g/mol. The molecule has 5 rings (SSSR count). The molecule has 172 valence electrons. The van der Waals surface area contributed by atoms with Crippen LogP contribution in [-0.4, -0.2) is 7.11 Å². The highest BCUT2D eigenvalue weighted by atomic mass is 16.5. The normalized spacial score (nSPS) is 11.4. The predicted molar refractivity (Wildman–Crippen MR) is 150 cm³/mol. The second kappa shape index (κ2) is 10.3. The molecule has 0 N–H and O–H groups in total. The summed E-state index contributed by atoms with van der Waals surface area (Å²) in [4.78, 5) is 2.28. The number of rotatable bonds is 7. The van der Waals surface area contributed by atoms with Crippen molar-refractivity contribution in [2.75, 3.05) is 12.0 Å². The van der Waals surface area contributed by atoms with Crippen molar-refractivity contribution in [3.63, 3.8) is 0 Å². The van der Waals surface area contributed by atoms with Gasteiger partial charge in [0.2, 0.25) is 0 Å². The summed E-state index contributed by atoms with van der Waals surface area (Å²) < 4.78 is 5.77. The van der Waals surface area contributed by atoms with Crippen molar-refractivity contribution >= 4 is 39.5 Å². The van der Waals surface area contributed by atoms with Crippen LogP contribution in [0.4, 0.5) is 17.1 Å². The number of anilines is 3. The summed E-state index contributed by atoms with van der Waals surface area (Å²) in [6, 6.07) is 42.5. The number of fused-ring (bicyclic) bond motifs is 1. The summed E-state index contributed by atoms with van der Waals surface area (Å²) in [7, 11) is 1.73. The first-order valence-electron chi connectivity index (χ1n) is 12.1. The SMILES string of the molecule is CCC(=Cc1ccc(N(c2ccccc2OC)c2cccc3ccccc23)cc1)c1ccccc1. The van der Waals surface area contributed by atoms with E-state index in [-0.39, 0.29) is 0 Å². The van der Waals surface area contributed by atoms with E-state index >= 15 is 0 Å². The van der Waals surface area contributed by atoms with Gasteiger partial charge in [-0.3, -0.25) is 0 Å². The predicted octanol–water partition coefficient (Wildman–Crippen LogP) is 9.27. The van der Waals surface area contributed by atoms with Gasteiger partial charge in [0, 0.05) is 11.1 Å². The van der Waals surface area contributed by atoms with Crippen molar-refractivity contribution in [2.45, 2.75) is 13.3 Å². The first-order valence-corrected chi connectivity index (χ1v) is 12.1. The van der Waals surface area contributed by atoms with Crippen molar-refractivity contribution in [1.82, 2.24) is 0 Å². The summed E-state index contributed by atoms with van der Waals surface area (Å²) in [5, 5.41) is 2.40. The Bertz CT molecular complexity index is 1450. The Kier molecular flexibility index (Phi) is 6.63. The Morgan fingerprint density at radius 3 is 2.11 bits per heavy atom. The number of hydrogen-bond acceptors (Lipinski definition) is 2. The summed E-state index contributed by atoms with van der Waals surface area (Å²) in [6.07, 6.45) is 3.26. The van der Waals surface area contributed by atoms with Crippen molar-refractivity contribution in [3.05, 3.63) is 132 Å². The molecule has 2 nitrogen and oxygen atoms in total. The Balaban J connectivity index is 1.62. The van der Waals surface area contributed by atoms with Crippen molar-refractivity contribution in [3.8, 4) is 5.75 Å². The van der Waals surface area contributed by atoms with E-state index in [1.165, 1.54) is 27.5 Å². The Hall–Kier alpha value is -4.30. The van der Waals surface area contributed by atoms with Crippen LogP contribution in [-0.2, 0) is 0 Å². The van der Waals surface area contributed by atoms with E-state index in [9.17, 15) is 0 Å². The highest BCUT2D eigenvalue weighted by Crippen LogP contribution is 2.42. The number of benzene rings is 5. The lowest BCUT2D eigenvalue weighted by Gasteiger charge is -2.28. The smallest absolute Gasteiger partial charge is 0.142 e. The van der Waals surface area contributed by atoms with E-state index in [4.69, 9.17) is 4.74 Å². The van der Waals surface area contributed by atoms with E-state index in [0.717, 1.165) is 29.2 Å². The van der Waals surface area contributed by atoms with Gasteiger partial charge in [-0.2, -0.15) is 0 Å². The summed E-state index contributed by atoms with van der Waals surface area (Å²) in [5.41, 5.74) is 7.00. The van der Waals surface area contributed by atoms with Gasteiger partial charge in [-0.25, -0.2) is 0 Å². The molecule has 0 aliphatic heterocycles. The molecule has 0 spiro atoms. The number of ether oxygens (including phenoxy) is 1. The van der Waals surface area contributed by atoms with E-state index in [2.05, 4.69) is 127 Å². The zero-order valence-electron chi connectivity index (χ0n) is 20.2. The average Bonchev–Trinajstić information content (AvgIpc) is 2.93. The molecule has 0 amide bonds. The van der Waals surface area contributed by atoms with Gasteiger partial charge < -0.3 is 9.64 Å². The fraction of sp³-hybridized carbons (Fsp3) is 0.0909. The number of para-hydroxylation sites is 2.